The van der Waals surface area contributed by atoms with Crippen molar-refractivity contribution in [1.82, 2.24) is 4.98 Å². The first-order valence-corrected chi connectivity index (χ1v) is 9.49. The number of aryl methyl sites for hydroxylation is 2. The summed E-state index contributed by atoms with van der Waals surface area (Å²) in [6.07, 6.45) is 0.434. The van der Waals surface area contributed by atoms with Crippen LogP contribution in [0.15, 0.2) is 53.6 Å². The van der Waals surface area contributed by atoms with Crippen molar-refractivity contribution in [2.75, 3.05) is 18.2 Å². The van der Waals surface area contributed by atoms with E-state index in [1.54, 1.807) is 18.9 Å². The third-order valence-corrected chi connectivity index (χ3v) is 5.03. The summed E-state index contributed by atoms with van der Waals surface area (Å²) in [5.74, 6) is 1.45. The fraction of sp³-hybridized carbons (Fsp3) is 0.238. The molecule has 4 nitrogen and oxygen atoms in total. The minimum atomic E-state index is 0.0106. The Hall–Kier alpha value is -2.53. The molecule has 1 amide bonds. The molecule has 26 heavy (non-hydrogen) atoms. The Kier molecular flexibility index (Phi) is 5.78. The lowest BCUT2D eigenvalue weighted by Gasteiger charge is -2.09. The second-order valence-electron chi connectivity index (χ2n) is 6.15. The van der Waals surface area contributed by atoms with Crippen LogP contribution >= 0.6 is 11.8 Å². The minimum Gasteiger partial charge on any atom is -0.494 e. The van der Waals surface area contributed by atoms with Gasteiger partial charge in [0, 0.05) is 23.2 Å². The second-order valence-corrected chi connectivity index (χ2v) is 7.26. The molecule has 0 saturated heterocycles. The van der Waals surface area contributed by atoms with Crippen LogP contribution in [0.2, 0.25) is 0 Å². The van der Waals surface area contributed by atoms with Crippen molar-refractivity contribution in [1.29, 1.82) is 0 Å². The first-order valence-electron chi connectivity index (χ1n) is 8.50. The van der Waals surface area contributed by atoms with E-state index in [9.17, 15) is 4.79 Å². The van der Waals surface area contributed by atoms with E-state index in [2.05, 4.69) is 18.3 Å². The van der Waals surface area contributed by atoms with E-state index in [0.717, 1.165) is 32.9 Å². The first kappa shape index (κ1) is 18.3. The molecule has 0 bridgehead atoms. The number of rotatable bonds is 6. The Morgan fingerprint density at radius 3 is 2.65 bits per heavy atom. The van der Waals surface area contributed by atoms with Crippen LogP contribution in [0.25, 0.3) is 10.9 Å². The SMILES string of the molecule is COc1cccc2c(C)cc(SCCC(=O)Nc3ccc(C)cc3)nc12. The van der Waals surface area contributed by atoms with Gasteiger partial charge in [0.15, 0.2) is 0 Å². The summed E-state index contributed by atoms with van der Waals surface area (Å²) in [6, 6.07) is 15.8. The summed E-state index contributed by atoms with van der Waals surface area (Å²) in [5.41, 5.74) is 4.02. The van der Waals surface area contributed by atoms with Gasteiger partial charge in [-0.15, -0.1) is 11.8 Å². The number of carbonyl (C=O) groups is 1. The zero-order valence-corrected chi connectivity index (χ0v) is 16.0. The van der Waals surface area contributed by atoms with Crippen molar-refractivity contribution < 1.29 is 9.53 Å². The van der Waals surface area contributed by atoms with Crippen LogP contribution in [0.3, 0.4) is 0 Å². The molecule has 0 spiro atoms. The molecule has 0 fully saturated rings. The number of fused-ring (bicyclic) bond motifs is 1. The molecule has 2 aromatic carbocycles. The number of methoxy groups -OCH3 is 1. The molecule has 134 valence electrons. The van der Waals surface area contributed by atoms with Gasteiger partial charge in [-0.3, -0.25) is 4.79 Å². The first-order chi connectivity index (χ1) is 12.6. The summed E-state index contributed by atoms with van der Waals surface area (Å²) < 4.78 is 5.42. The Bertz CT molecular complexity index is 923. The van der Waals surface area contributed by atoms with Gasteiger partial charge in [0.1, 0.15) is 11.3 Å². The Labute approximate surface area is 158 Å². The molecule has 0 saturated carbocycles. The van der Waals surface area contributed by atoms with Crippen molar-refractivity contribution in [3.05, 3.63) is 59.7 Å². The normalized spacial score (nSPS) is 10.7. The number of para-hydroxylation sites is 1. The molecule has 0 aliphatic heterocycles. The Morgan fingerprint density at radius 2 is 1.92 bits per heavy atom. The van der Waals surface area contributed by atoms with E-state index in [1.807, 2.05) is 49.4 Å². The third kappa shape index (κ3) is 4.35. The number of nitrogens with zero attached hydrogens (tertiary/aromatic N) is 1. The van der Waals surface area contributed by atoms with Crippen molar-refractivity contribution in [2.24, 2.45) is 0 Å². The molecule has 3 aromatic rings. The van der Waals surface area contributed by atoms with E-state index in [0.29, 0.717) is 12.2 Å². The van der Waals surface area contributed by atoms with Crippen molar-refractivity contribution >= 4 is 34.3 Å². The highest BCUT2D eigenvalue weighted by Crippen LogP contribution is 2.29. The fourth-order valence-electron chi connectivity index (χ4n) is 2.71. The van der Waals surface area contributed by atoms with Crippen LogP contribution in [0.4, 0.5) is 5.69 Å². The standard InChI is InChI=1S/C21H22N2O2S/c1-14-7-9-16(10-8-14)22-19(24)11-12-26-20-13-15(2)17-5-4-6-18(25-3)21(17)23-20/h4-10,13H,11-12H2,1-3H3,(H,22,24). The highest BCUT2D eigenvalue weighted by atomic mass is 32.2. The number of ether oxygens (including phenoxy) is 1. The van der Waals surface area contributed by atoms with Gasteiger partial charge >= 0.3 is 0 Å². The van der Waals surface area contributed by atoms with Crippen LogP contribution in [0, 0.1) is 13.8 Å². The lowest BCUT2D eigenvalue weighted by atomic mass is 10.1. The van der Waals surface area contributed by atoms with Gasteiger partial charge in [0.2, 0.25) is 5.91 Å². The van der Waals surface area contributed by atoms with Crippen LogP contribution in [-0.4, -0.2) is 23.8 Å². The highest BCUT2D eigenvalue weighted by Gasteiger charge is 2.09. The summed E-state index contributed by atoms with van der Waals surface area (Å²) >= 11 is 1.58. The van der Waals surface area contributed by atoms with Gasteiger partial charge in [-0.05, 0) is 43.7 Å². The predicted molar refractivity (Wildman–Crippen MR) is 108 cm³/mol. The van der Waals surface area contributed by atoms with Crippen molar-refractivity contribution in [3.8, 4) is 5.75 Å². The highest BCUT2D eigenvalue weighted by molar-refractivity contribution is 7.99. The van der Waals surface area contributed by atoms with Crippen LogP contribution in [0.5, 0.6) is 5.75 Å². The predicted octanol–water partition coefficient (Wildman–Crippen LogP) is 4.98. The van der Waals surface area contributed by atoms with Gasteiger partial charge in [-0.1, -0.05) is 29.8 Å². The van der Waals surface area contributed by atoms with E-state index >= 15 is 0 Å². The van der Waals surface area contributed by atoms with Crippen LogP contribution in [0.1, 0.15) is 17.5 Å². The van der Waals surface area contributed by atoms with E-state index in [4.69, 9.17) is 9.72 Å². The molecule has 0 atom stereocenters. The smallest absolute Gasteiger partial charge is 0.225 e. The van der Waals surface area contributed by atoms with E-state index in [-0.39, 0.29) is 5.91 Å². The monoisotopic (exact) mass is 366 g/mol. The Morgan fingerprint density at radius 1 is 1.15 bits per heavy atom. The van der Waals surface area contributed by atoms with Crippen molar-refractivity contribution in [2.45, 2.75) is 25.3 Å². The maximum absolute atomic E-state index is 12.1. The summed E-state index contributed by atoms with van der Waals surface area (Å²) in [5, 5.41) is 4.92. The quantitative estimate of drug-likeness (QED) is 0.625. The van der Waals surface area contributed by atoms with Gasteiger partial charge in [0.05, 0.1) is 12.1 Å². The molecular weight excluding hydrogens is 344 g/mol. The zero-order chi connectivity index (χ0) is 18.5. The Balaban J connectivity index is 1.62. The molecule has 1 heterocycles. The van der Waals surface area contributed by atoms with Gasteiger partial charge < -0.3 is 10.1 Å². The third-order valence-electron chi connectivity index (χ3n) is 4.12. The van der Waals surface area contributed by atoms with Crippen LogP contribution in [-0.2, 0) is 4.79 Å². The van der Waals surface area contributed by atoms with Crippen molar-refractivity contribution in [3.63, 3.8) is 0 Å². The molecule has 1 aromatic heterocycles. The summed E-state index contributed by atoms with van der Waals surface area (Å²) in [6.45, 7) is 4.09. The largest absolute Gasteiger partial charge is 0.494 e. The molecule has 3 rings (SSSR count). The summed E-state index contributed by atoms with van der Waals surface area (Å²) in [7, 11) is 1.65. The number of nitrogens with one attached hydrogen (secondary N) is 1. The number of hydrogen-bond donors (Lipinski definition) is 1. The molecular formula is C21H22N2O2S. The molecule has 5 heteroatoms. The molecule has 0 unspecified atom stereocenters. The molecule has 0 radical (unpaired) electrons. The van der Waals surface area contributed by atoms with E-state index < -0.39 is 0 Å². The number of carbonyl (C=O) groups excluding carboxylic acids is 1. The molecule has 0 aliphatic rings. The number of pyridine rings is 1. The number of hydrogen-bond acceptors (Lipinski definition) is 4. The number of aromatic nitrogens is 1. The topological polar surface area (TPSA) is 51.2 Å². The lowest BCUT2D eigenvalue weighted by Crippen LogP contribution is -2.12. The zero-order valence-electron chi connectivity index (χ0n) is 15.2. The maximum Gasteiger partial charge on any atom is 0.225 e. The summed E-state index contributed by atoms with van der Waals surface area (Å²) in [4.78, 5) is 16.8. The lowest BCUT2D eigenvalue weighted by molar-refractivity contribution is -0.115. The molecule has 1 N–H and O–H groups in total. The van der Waals surface area contributed by atoms with E-state index in [1.165, 1.54) is 5.56 Å². The van der Waals surface area contributed by atoms with Crippen LogP contribution < -0.4 is 10.1 Å². The average molecular weight is 366 g/mol. The number of anilines is 1. The van der Waals surface area contributed by atoms with Gasteiger partial charge in [-0.2, -0.15) is 0 Å². The number of amides is 1. The molecule has 0 aliphatic carbocycles. The average Bonchev–Trinajstić information content (AvgIpc) is 2.63. The maximum atomic E-state index is 12.1. The second kappa shape index (κ2) is 8.23. The number of benzene rings is 2. The fourth-order valence-corrected chi connectivity index (χ4v) is 3.62. The minimum absolute atomic E-state index is 0.0106. The van der Waals surface area contributed by atoms with Gasteiger partial charge in [0.25, 0.3) is 0 Å². The van der Waals surface area contributed by atoms with Gasteiger partial charge in [-0.25, -0.2) is 4.98 Å². The number of thioether (sulfide) groups is 1.